The number of hydrogen-bond acceptors (Lipinski definition) is 4. The lowest BCUT2D eigenvalue weighted by Crippen LogP contribution is -2.33. The van der Waals surface area contributed by atoms with Gasteiger partial charge in [-0.3, -0.25) is 4.90 Å². The molecular formula is C12H17NO4. The van der Waals surface area contributed by atoms with Gasteiger partial charge < -0.3 is 14.3 Å². The molecule has 5 heteroatoms. The Kier molecular flexibility index (Phi) is 4.03. The Morgan fingerprint density at radius 1 is 1.35 bits per heavy atom. The van der Waals surface area contributed by atoms with Crippen LogP contribution < -0.4 is 4.74 Å². The fourth-order valence-electron chi connectivity index (χ4n) is 1.97. The van der Waals surface area contributed by atoms with E-state index in [4.69, 9.17) is 14.3 Å². The van der Waals surface area contributed by atoms with Gasteiger partial charge in [0.15, 0.2) is 0 Å². The molecule has 1 aromatic rings. The fourth-order valence-corrected chi connectivity index (χ4v) is 1.97. The van der Waals surface area contributed by atoms with Crippen molar-refractivity contribution >= 4 is 5.97 Å². The Morgan fingerprint density at radius 3 is 2.76 bits per heavy atom. The summed E-state index contributed by atoms with van der Waals surface area (Å²) in [5, 5.41) is 8.67. The van der Waals surface area contributed by atoms with E-state index >= 15 is 0 Å². The lowest BCUT2D eigenvalue weighted by molar-refractivity contribution is 0.0651. The summed E-state index contributed by atoms with van der Waals surface area (Å²) >= 11 is 0. The summed E-state index contributed by atoms with van der Waals surface area (Å²) in [7, 11) is 0. The zero-order chi connectivity index (χ0) is 12.1. The van der Waals surface area contributed by atoms with Gasteiger partial charge in [0.05, 0.1) is 0 Å². The third-order valence-electron chi connectivity index (χ3n) is 2.89. The molecule has 0 unspecified atom stereocenters. The number of furan rings is 1. The number of carbonyl (C=O) groups is 1. The molecule has 0 amide bonds. The maximum atomic E-state index is 10.6. The van der Waals surface area contributed by atoms with Crippen LogP contribution in [0.1, 0.15) is 29.8 Å². The van der Waals surface area contributed by atoms with Gasteiger partial charge in [0.2, 0.25) is 5.76 Å². The van der Waals surface area contributed by atoms with E-state index in [9.17, 15) is 4.79 Å². The Bertz CT molecular complexity index is 368. The number of carboxylic acids is 1. The molecule has 0 aromatic carbocycles. The molecule has 1 aromatic heterocycles. The molecule has 1 aliphatic heterocycles. The number of likely N-dealkylation sites (tertiary alicyclic amines) is 1. The molecule has 1 N–H and O–H groups in total. The van der Waals surface area contributed by atoms with Crippen LogP contribution in [0.3, 0.4) is 0 Å². The number of rotatable bonds is 5. The molecule has 1 aliphatic rings. The largest absolute Gasteiger partial charge is 0.475 e. The predicted molar refractivity (Wildman–Crippen MR) is 61.5 cm³/mol. The van der Waals surface area contributed by atoms with E-state index in [-0.39, 0.29) is 11.7 Å². The van der Waals surface area contributed by atoms with Crippen LogP contribution in [-0.4, -0.2) is 42.2 Å². The molecule has 2 heterocycles. The van der Waals surface area contributed by atoms with Gasteiger partial charge in [0, 0.05) is 12.6 Å². The minimum Gasteiger partial charge on any atom is -0.475 e. The summed E-state index contributed by atoms with van der Waals surface area (Å²) in [6, 6.07) is 2.94. The van der Waals surface area contributed by atoms with Gasteiger partial charge in [0.25, 0.3) is 5.95 Å². The number of ether oxygens (including phenoxy) is 1. The van der Waals surface area contributed by atoms with Crippen LogP contribution in [0.15, 0.2) is 16.5 Å². The normalized spacial score (nSPS) is 16.9. The first-order valence-corrected chi connectivity index (χ1v) is 5.94. The van der Waals surface area contributed by atoms with Crippen LogP contribution in [0.5, 0.6) is 5.95 Å². The quantitative estimate of drug-likeness (QED) is 0.849. The molecule has 0 spiro atoms. The first-order chi connectivity index (χ1) is 8.25. The van der Waals surface area contributed by atoms with Crippen LogP contribution in [0.2, 0.25) is 0 Å². The van der Waals surface area contributed by atoms with Crippen LogP contribution >= 0.6 is 0 Å². The standard InChI is InChI=1S/C12H17NO4/c14-12(15)10-4-5-11(17-10)16-9-8-13-6-2-1-3-7-13/h4-5H,1-3,6-9H2,(H,14,15). The molecule has 0 bridgehead atoms. The Hall–Kier alpha value is -1.49. The summed E-state index contributed by atoms with van der Waals surface area (Å²) < 4.78 is 10.4. The van der Waals surface area contributed by atoms with Crippen molar-refractivity contribution in [1.29, 1.82) is 0 Å². The number of piperidine rings is 1. The SMILES string of the molecule is O=C(O)c1ccc(OCCN2CCCCC2)o1. The maximum Gasteiger partial charge on any atom is 0.371 e. The highest BCUT2D eigenvalue weighted by atomic mass is 16.6. The number of hydrogen-bond donors (Lipinski definition) is 1. The molecule has 5 nitrogen and oxygen atoms in total. The minimum atomic E-state index is -1.07. The van der Waals surface area contributed by atoms with Crippen LogP contribution in [0.4, 0.5) is 0 Å². The van der Waals surface area contributed by atoms with Crippen LogP contribution in [0, 0.1) is 0 Å². The molecule has 1 saturated heterocycles. The monoisotopic (exact) mass is 239 g/mol. The second kappa shape index (κ2) is 5.72. The van der Waals surface area contributed by atoms with Gasteiger partial charge >= 0.3 is 5.97 Å². The van der Waals surface area contributed by atoms with Gasteiger partial charge in [-0.2, -0.15) is 0 Å². The smallest absolute Gasteiger partial charge is 0.371 e. The second-order valence-corrected chi connectivity index (χ2v) is 4.17. The van der Waals surface area contributed by atoms with E-state index in [1.54, 1.807) is 6.07 Å². The number of nitrogens with zero attached hydrogens (tertiary/aromatic N) is 1. The molecule has 0 aliphatic carbocycles. The molecule has 94 valence electrons. The van der Waals surface area contributed by atoms with Crippen LogP contribution in [-0.2, 0) is 0 Å². The van der Waals surface area contributed by atoms with E-state index < -0.39 is 5.97 Å². The van der Waals surface area contributed by atoms with E-state index in [0.29, 0.717) is 6.61 Å². The Balaban J connectivity index is 1.71. The van der Waals surface area contributed by atoms with Gasteiger partial charge in [-0.05, 0) is 32.0 Å². The van der Waals surface area contributed by atoms with Crippen molar-refractivity contribution in [3.05, 3.63) is 17.9 Å². The fraction of sp³-hybridized carbons (Fsp3) is 0.583. The van der Waals surface area contributed by atoms with Crippen molar-refractivity contribution in [3.63, 3.8) is 0 Å². The number of aromatic carboxylic acids is 1. The topological polar surface area (TPSA) is 62.9 Å². The van der Waals surface area contributed by atoms with Gasteiger partial charge in [-0.1, -0.05) is 6.42 Å². The number of carboxylic acid groups (broad SMARTS) is 1. The average molecular weight is 239 g/mol. The lowest BCUT2D eigenvalue weighted by atomic mass is 10.1. The van der Waals surface area contributed by atoms with Crippen molar-refractivity contribution in [2.24, 2.45) is 0 Å². The highest BCUT2D eigenvalue weighted by molar-refractivity contribution is 5.84. The van der Waals surface area contributed by atoms with Crippen molar-refractivity contribution in [2.75, 3.05) is 26.2 Å². The van der Waals surface area contributed by atoms with Gasteiger partial charge in [0.1, 0.15) is 6.61 Å². The molecule has 0 atom stereocenters. The molecular weight excluding hydrogens is 222 g/mol. The summed E-state index contributed by atoms with van der Waals surface area (Å²) in [5.74, 6) is -0.881. The first kappa shape index (κ1) is 12.0. The first-order valence-electron chi connectivity index (χ1n) is 5.94. The third kappa shape index (κ3) is 3.49. The Morgan fingerprint density at radius 2 is 2.12 bits per heavy atom. The van der Waals surface area contributed by atoms with E-state index in [1.165, 1.54) is 25.3 Å². The van der Waals surface area contributed by atoms with Crippen molar-refractivity contribution in [3.8, 4) is 5.95 Å². The predicted octanol–water partition coefficient (Wildman–Crippen LogP) is 1.84. The van der Waals surface area contributed by atoms with Gasteiger partial charge in [-0.15, -0.1) is 0 Å². The summed E-state index contributed by atoms with van der Waals surface area (Å²) in [6.07, 6.45) is 3.82. The molecule has 2 rings (SSSR count). The van der Waals surface area contributed by atoms with Crippen molar-refractivity contribution in [2.45, 2.75) is 19.3 Å². The van der Waals surface area contributed by atoms with E-state index in [2.05, 4.69) is 4.90 Å². The van der Waals surface area contributed by atoms with E-state index in [0.717, 1.165) is 19.6 Å². The minimum absolute atomic E-state index is 0.0852. The average Bonchev–Trinajstić information content (AvgIpc) is 2.79. The zero-order valence-corrected chi connectivity index (χ0v) is 9.72. The molecule has 1 fully saturated rings. The van der Waals surface area contributed by atoms with Crippen molar-refractivity contribution < 1.29 is 19.1 Å². The van der Waals surface area contributed by atoms with Crippen molar-refractivity contribution in [1.82, 2.24) is 4.90 Å². The highest BCUT2D eigenvalue weighted by Gasteiger charge is 2.11. The molecule has 17 heavy (non-hydrogen) atoms. The second-order valence-electron chi connectivity index (χ2n) is 4.17. The lowest BCUT2D eigenvalue weighted by Gasteiger charge is -2.25. The highest BCUT2D eigenvalue weighted by Crippen LogP contribution is 2.16. The summed E-state index contributed by atoms with van der Waals surface area (Å²) in [6.45, 7) is 3.65. The third-order valence-corrected chi connectivity index (χ3v) is 2.89. The maximum absolute atomic E-state index is 10.6. The van der Waals surface area contributed by atoms with Crippen LogP contribution in [0.25, 0.3) is 0 Å². The summed E-state index contributed by atoms with van der Waals surface area (Å²) in [5.41, 5.74) is 0. The molecule has 0 radical (unpaired) electrons. The zero-order valence-electron chi connectivity index (χ0n) is 9.72. The summed E-state index contributed by atoms with van der Waals surface area (Å²) in [4.78, 5) is 12.9. The van der Waals surface area contributed by atoms with E-state index in [1.807, 2.05) is 0 Å². The molecule has 0 saturated carbocycles. The Labute approximate surface area is 100.0 Å². The van der Waals surface area contributed by atoms with Gasteiger partial charge in [-0.25, -0.2) is 4.79 Å².